The Morgan fingerprint density at radius 1 is 1.29 bits per heavy atom. The molecule has 1 aromatic rings. The average Bonchev–Trinajstić information content (AvgIpc) is 3.06. The maximum Gasteiger partial charge on any atom is 0.330 e. The Morgan fingerprint density at radius 2 is 1.88 bits per heavy atom. The summed E-state index contributed by atoms with van der Waals surface area (Å²) < 4.78 is 0. The van der Waals surface area contributed by atoms with Crippen molar-refractivity contribution in [3.63, 3.8) is 0 Å². The molecule has 5 heteroatoms. The molecule has 0 aromatic heterocycles. The summed E-state index contributed by atoms with van der Waals surface area (Å²) in [6.45, 7) is 0. The van der Waals surface area contributed by atoms with E-state index in [-0.39, 0.29) is 0 Å². The number of carboxylic acids is 1. The molecule has 0 spiro atoms. The van der Waals surface area contributed by atoms with E-state index in [2.05, 4.69) is 5.32 Å². The van der Waals surface area contributed by atoms with Crippen LogP contribution in [0.15, 0.2) is 30.3 Å². The van der Waals surface area contributed by atoms with Gasteiger partial charge in [0, 0.05) is 0 Å². The molecule has 0 radical (unpaired) electrons. The van der Waals surface area contributed by atoms with Gasteiger partial charge in [0.05, 0.1) is 5.54 Å². The van der Waals surface area contributed by atoms with Gasteiger partial charge in [0.2, 0.25) is 5.91 Å². The molecule has 0 unspecified atom stereocenters. The predicted molar refractivity (Wildman–Crippen MR) is 61.1 cm³/mol. The van der Waals surface area contributed by atoms with Crippen molar-refractivity contribution < 1.29 is 14.7 Å². The summed E-state index contributed by atoms with van der Waals surface area (Å²) in [7, 11) is 0. The van der Waals surface area contributed by atoms with Crippen molar-refractivity contribution in [3.05, 3.63) is 35.9 Å². The van der Waals surface area contributed by atoms with E-state index in [0.29, 0.717) is 18.4 Å². The topological polar surface area (TPSA) is 92.4 Å². The minimum absolute atomic E-state index is 0.395. The molecule has 1 aliphatic carbocycles. The van der Waals surface area contributed by atoms with Crippen molar-refractivity contribution in [2.75, 3.05) is 0 Å². The zero-order chi connectivity index (χ0) is 12.5. The van der Waals surface area contributed by atoms with Crippen molar-refractivity contribution in [1.29, 1.82) is 0 Å². The molecular formula is C12H14N2O3. The number of carbonyl (C=O) groups excluding carboxylic acids is 1. The van der Waals surface area contributed by atoms with Gasteiger partial charge in [0.1, 0.15) is 0 Å². The summed E-state index contributed by atoms with van der Waals surface area (Å²) in [5.41, 5.74) is 5.39. The quantitative estimate of drug-likeness (QED) is 0.704. The van der Waals surface area contributed by atoms with Crippen LogP contribution in [0.1, 0.15) is 24.4 Å². The molecule has 1 aliphatic rings. The van der Waals surface area contributed by atoms with Crippen LogP contribution in [-0.4, -0.2) is 22.5 Å². The average molecular weight is 234 g/mol. The van der Waals surface area contributed by atoms with E-state index in [1.807, 2.05) is 0 Å². The van der Waals surface area contributed by atoms with Gasteiger partial charge >= 0.3 is 5.97 Å². The van der Waals surface area contributed by atoms with Crippen LogP contribution in [0.2, 0.25) is 0 Å². The lowest BCUT2D eigenvalue weighted by Crippen LogP contribution is -2.46. The molecule has 5 nitrogen and oxygen atoms in total. The minimum atomic E-state index is -1.09. The lowest BCUT2D eigenvalue weighted by Gasteiger charge is -2.17. The van der Waals surface area contributed by atoms with Crippen LogP contribution in [-0.2, 0) is 9.59 Å². The Labute approximate surface area is 98.6 Å². The van der Waals surface area contributed by atoms with Gasteiger partial charge in [-0.3, -0.25) is 4.79 Å². The maximum atomic E-state index is 11.7. The Hall–Kier alpha value is -1.88. The number of aliphatic carboxylic acids is 1. The molecule has 1 aromatic carbocycles. The van der Waals surface area contributed by atoms with E-state index in [9.17, 15) is 9.59 Å². The first-order valence-electron chi connectivity index (χ1n) is 5.40. The van der Waals surface area contributed by atoms with Gasteiger partial charge < -0.3 is 16.2 Å². The molecule has 17 heavy (non-hydrogen) atoms. The number of carbonyl (C=O) groups is 2. The molecule has 0 heterocycles. The first-order chi connectivity index (χ1) is 8.03. The Kier molecular flexibility index (Phi) is 2.85. The van der Waals surface area contributed by atoms with Gasteiger partial charge in [-0.15, -0.1) is 0 Å². The van der Waals surface area contributed by atoms with Gasteiger partial charge in [-0.25, -0.2) is 4.79 Å². The summed E-state index contributed by atoms with van der Waals surface area (Å²) in [5.74, 6) is -1.48. The van der Waals surface area contributed by atoms with Crippen molar-refractivity contribution in [3.8, 4) is 0 Å². The van der Waals surface area contributed by atoms with E-state index in [4.69, 9.17) is 10.8 Å². The highest BCUT2D eigenvalue weighted by molar-refractivity contribution is 5.92. The fourth-order valence-electron chi connectivity index (χ4n) is 1.57. The largest absolute Gasteiger partial charge is 0.479 e. The molecule has 1 amide bonds. The van der Waals surface area contributed by atoms with Crippen LogP contribution in [0, 0.1) is 0 Å². The van der Waals surface area contributed by atoms with Crippen LogP contribution in [0.25, 0.3) is 0 Å². The van der Waals surface area contributed by atoms with Crippen LogP contribution in [0.4, 0.5) is 0 Å². The molecule has 1 atom stereocenters. The van der Waals surface area contributed by atoms with Crippen molar-refractivity contribution in [2.24, 2.45) is 5.73 Å². The second-order valence-electron chi connectivity index (χ2n) is 4.31. The predicted octanol–water partition coefficient (Wildman–Crippen LogP) is 0.420. The summed E-state index contributed by atoms with van der Waals surface area (Å²) in [6, 6.07) is 7.53. The monoisotopic (exact) mass is 234 g/mol. The lowest BCUT2D eigenvalue weighted by atomic mass is 10.1. The highest BCUT2D eigenvalue weighted by Gasteiger charge is 2.47. The number of benzene rings is 1. The second-order valence-corrected chi connectivity index (χ2v) is 4.31. The van der Waals surface area contributed by atoms with E-state index in [1.54, 1.807) is 30.3 Å². The number of hydrogen-bond donors (Lipinski definition) is 3. The van der Waals surface area contributed by atoms with Crippen molar-refractivity contribution in [1.82, 2.24) is 5.32 Å². The number of carboxylic acid groups (broad SMARTS) is 1. The van der Waals surface area contributed by atoms with Gasteiger partial charge in [-0.1, -0.05) is 30.3 Å². The van der Waals surface area contributed by atoms with Crippen LogP contribution in [0.5, 0.6) is 0 Å². The molecule has 2 rings (SSSR count). The van der Waals surface area contributed by atoms with Gasteiger partial charge in [0.25, 0.3) is 0 Å². The molecule has 1 fully saturated rings. The zero-order valence-corrected chi connectivity index (χ0v) is 9.22. The van der Waals surface area contributed by atoms with Crippen LogP contribution >= 0.6 is 0 Å². The van der Waals surface area contributed by atoms with Gasteiger partial charge in [0.15, 0.2) is 6.04 Å². The zero-order valence-electron chi connectivity index (χ0n) is 9.22. The Bertz CT molecular complexity index is 440. The third kappa shape index (κ3) is 2.45. The fourth-order valence-corrected chi connectivity index (χ4v) is 1.57. The van der Waals surface area contributed by atoms with E-state index < -0.39 is 23.5 Å². The third-order valence-corrected chi connectivity index (χ3v) is 2.90. The number of rotatable bonds is 4. The molecule has 90 valence electrons. The van der Waals surface area contributed by atoms with E-state index in [0.717, 1.165) is 0 Å². The maximum absolute atomic E-state index is 11.7. The van der Waals surface area contributed by atoms with Crippen molar-refractivity contribution >= 4 is 11.9 Å². The number of hydrogen-bond acceptors (Lipinski definition) is 3. The van der Waals surface area contributed by atoms with Crippen molar-refractivity contribution in [2.45, 2.75) is 24.4 Å². The summed E-state index contributed by atoms with van der Waals surface area (Å²) >= 11 is 0. The van der Waals surface area contributed by atoms with Gasteiger partial charge in [-0.2, -0.15) is 0 Å². The molecule has 0 aliphatic heterocycles. The first kappa shape index (κ1) is 11.6. The minimum Gasteiger partial charge on any atom is -0.479 e. The lowest BCUT2D eigenvalue weighted by molar-refractivity contribution is -0.142. The van der Waals surface area contributed by atoms with Crippen LogP contribution in [0.3, 0.4) is 0 Å². The molecule has 1 saturated carbocycles. The third-order valence-electron chi connectivity index (χ3n) is 2.90. The Morgan fingerprint density at radius 3 is 2.35 bits per heavy atom. The van der Waals surface area contributed by atoms with Gasteiger partial charge in [-0.05, 0) is 18.4 Å². The first-order valence-corrected chi connectivity index (χ1v) is 5.40. The molecule has 4 N–H and O–H groups in total. The molecule has 0 bridgehead atoms. The number of nitrogens with two attached hydrogens (primary N) is 1. The molecule has 0 saturated heterocycles. The Balaban J connectivity index is 2.14. The fraction of sp³-hybridized carbons (Fsp3) is 0.333. The summed E-state index contributed by atoms with van der Waals surface area (Å²) in [6.07, 6.45) is 1.22. The molecular weight excluding hydrogens is 220 g/mol. The summed E-state index contributed by atoms with van der Waals surface area (Å²) in [4.78, 5) is 22.8. The number of nitrogens with one attached hydrogen (secondary N) is 1. The second kappa shape index (κ2) is 4.18. The standard InChI is InChI=1S/C12H14N2O3/c13-12(6-7-12)11(17)14-9(10(15)16)8-4-2-1-3-5-8/h1-5,9H,6-7,13H2,(H,14,17)(H,15,16)/t9-/m0/s1. The highest BCUT2D eigenvalue weighted by Crippen LogP contribution is 2.32. The highest BCUT2D eigenvalue weighted by atomic mass is 16.4. The number of amides is 1. The van der Waals surface area contributed by atoms with Crippen LogP contribution < -0.4 is 11.1 Å². The van der Waals surface area contributed by atoms with E-state index >= 15 is 0 Å². The SMILES string of the molecule is NC1(C(=O)N[C@H](C(=O)O)c2ccccc2)CC1. The summed E-state index contributed by atoms with van der Waals surface area (Å²) in [5, 5.41) is 11.6. The normalized spacial score (nSPS) is 18.2. The smallest absolute Gasteiger partial charge is 0.330 e. The van der Waals surface area contributed by atoms with E-state index in [1.165, 1.54) is 0 Å².